The number of hydrogen-bond donors (Lipinski definition) is 2. The molecular formula is C18H25N3O2S. The predicted molar refractivity (Wildman–Crippen MR) is 99.9 cm³/mol. The number of amides is 1. The van der Waals surface area contributed by atoms with Crippen LogP contribution in [0.2, 0.25) is 0 Å². The quantitative estimate of drug-likeness (QED) is 0.843. The Morgan fingerprint density at radius 2 is 1.96 bits per heavy atom. The van der Waals surface area contributed by atoms with Crippen LogP contribution >= 0.6 is 11.3 Å². The number of aliphatic hydroxyl groups is 1. The van der Waals surface area contributed by atoms with Crippen molar-refractivity contribution in [2.45, 2.75) is 32.6 Å². The van der Waals surface area contributed by atoms with E-state index in [2.05, 4.69) is 31.1 Å². The van der Waals surface area contributed by atoms with Gasteiger partial charge in [0.25, 0.3) is 0 Å². The van der Waals surface area contributed by atoms with Gasteiger partial charge in [-0.25, -0.2) is 4.98 Å². The number of anilines is 2. The lowest BCUT2D eigenvalue weighted by molar-refractivity contribution is -0.115. The first-order chi connectivity index (χ1) is 11.3. The molecule has 1 aromatic carbocycles. The van der Waals surface area contributed by atoms with Crippen molar-refractivity contribution >= 4 is 28.6 Å². The number of hydrogen-bond acceptors (Lipinski definition) is 5. The zero-order valence-electron chi connectivity index (χ0n) is 14.7. The van der Waals surface area contributed by atoms with Crippen molar-refractivity contribution in [2.24, 2.45) is 0 Å². The van der Waals surface area contributed by atoms with E-state index in [-0.39, 0.29) is 24.3 Å². The molecule has 0 unspecified atom stereocenters. The van der Waals surface area contributed by atoms with Crippen molar-refractivity contribution in [3.8, 4) is 0 Å². The maximum atomic E-state index is 12.2. The van der Waals surface area contributed by atoms with Gasteiger partial charge < -0.3 is 15.3 Å². The zero-order chi connectivity index (χ0) is 17.7. The van der Waals surface area contributed by atoms with Crippen LogP contribution in [0.3, 0.4) is 0 Å². The highest BCUT2D eigenvalue weighted by Crippen LogP contribution is 2.25. The van der Waals surface area contributed by atoms with E-state index in [9.17, 15) is 4.79 Å². The summed E-state index contributed by atoms with van der Waals surface area (Å²) in [6, 6.07) is 7.57. The molecule has 24 heavy (non-hydrogen) atoms. The van der Waals surface area contributed by atoms with Gasteiger partial charge in [0.1, 0.15) is 0 Å². The number of aromatic nitrogens is 1. The molecule has 0 aliphatic rings. The van der Waals surface area contributed by atoms with E-state index in [1.54, 1.807) is 11.3 Å². The van der Waals surface area contributed by atoms with Crippen molar-refractivity contribution < 1.29 is 9.90 Å². The lowest BCUT2D eigenvalue weighted by atomic mass is 9.98. The van der Waals surface area contributed by atoms with Crippen LogP contribution in [0, 0.1) is 0 Å². The number of benzene rings is 1. The fourth-order valence-electron chi connectivity index (χ4n) is 2.18. The van der Waals surface area contributed by atoms with E-state index in [0.717, 1.165) is 22.1 Å². The first kappa shape index (κ1) is 18.4. The van der Waals surface area contributed by atoms with Crippen molar-refractivity contribution in [2.75, 3.05) is 30.4 Å². The molecule has 0 aliphatic heterocycles. The normalized spacial score (nSPS) is 11.4. The van der Waals surface area contributed by atoms with Crippen LogP contribution in [0.25, 0.3) is 0 Å². The SMILES string of the molecule is CN(CCO)c1ccc(NC(=O)Cc2csc(C(C)(C)C)n2)cc1. The van der Waals surface area contributed by atoms with Crippen molar-refractivity contribution in [1.82, 2.24) is 4.98 Å². The Morgan fingerprint density at radius 1 is 1.29 bits per heavy atom. The standard InChI is InChI=1S/C18H25N3O2S/c1-18(2,3)17-20-14(12-24-17)11-16(23)19-13-5-7-15(8-6-13)21(4)9-10-22/h5-8,12,22H,9-11H2,1-4H3,(H,19,23). The van der Waals surface area contributed by atoms with Gasteiger partial charge >= 0.3 is 0 Å². The molecule has 2 N–H and O–H groups in total. The van der Waals surface area contributed by atoms with Crippen LogP contribution in [0.1, 0.15) is 31.5 Å². The average Bonchev–Trinajstić information content (AvgIpc) is 2.96. The summed E-state index contributed by atoms with van der Waals surface area (Å²) in [5, 5.41) is 14.8. The molecule has 1 heterocycles. The van der Waals surface area contributed by atoms with E-state index < -0.39 is 0 Å². The second-order valence-corrected chi connectivity index (χ2v) is 7.67. The third kappa shape index (κ3) is 5.04. The minimum atomic E-state index is -0.0720. The smallest absolute Gasteiger partial charge is 0.230 e. The van der Waals surface area contributed by atoms with Crippen LogP contribution in [0.5, 0.6) is 0 Å². The molecule has 0 saturated carbocycles. The lowest BCUT2D eigenvalue weighted by Crippen LogP contribution is -2.21. The maximum absolute atomic E-state index is 12.2. The van der Waals surface area contributed by atoms with Crippen LogP contribution in [-0.2, 0) is 16.6 Å². The van der Waals surface area contributed by atoms with E-state index in [4.69, 9.17) is 5.11 Å². The molecule has 0 fully saturated rings. The monoisotopic (exact) mass is 347 g/mol. The third-order valence-electron chi connectivity index (χ3n) is 3.56. The molecular weight excluding hydrogens is 322 g/mol. The van der Waals surface area contributed by atoms with E-state index >= 15 is 0 Å². The number of carbonyl (C=O) groups excluding carboxylic acids is 1. The summed E-state index contributed by atoms with van der Waals surface area (Å²) in [5.74, 6) is -0.0720. The topological polar surface area (TPSA) is 65.5 Å². The fourth-order valence-corrected chi connectivity index (χ4v) is 3.09. The van der Waals surface area contributed by atoms with E-state index in [1.165, 1.54) is 0 Å². The van der Waals surface area contributed by atoms with Gasteiger partial charge in [-0.05, 0) is 24.3 Å². The van der Waals surface area contributed by atoms with Crippen molar-refractivity contribution in [3.05, 3.63) is 40.3 Å². The van der Waals surface area contributed by atoms with E-state index in [0.29, 0.717) is 6.54 Å². The minimum absolute atomic E-state index is 0.00974. The van der Waals surface area contributed by atoms with Gasteiger partial charge in [-0.1, -0.05) is 20.8 Å². The largest absolute Gasteiger partial charge is 0.395 e. The molecule has 1 aromatic heterocycles. The van der Waals surface area contributed by atoms with Gasteiger partial charge in [0, 0.05) is 35.8 Å². The highest BCUT2D eigenvalue weighted by molar-refractivity contribution is 7.09. The summed E-state index contributed by atoms with van der Waals surface area (Å²) < 4.78 is 0. The molecule has 0 radical (unpaired) electrons. The maximum Gasteiger partial charge on any atom is 0.230 e. The Morgan fingerprint density at radius 3 is 2.50 bits per heavy atom. The molecule has 1 amide bonds. The van der Waals surface area contributed by atoms with E-state index in [1.807, 2.05) is 41.6 Å². The van der Waals surface area contributed by atoms with Gasteiger partial charge in [-0.2, -0.15) is 0 Å². The summed E-state index contributed by atoms with van der Waals surface area (Å²) in [6.45, 7) is 7.03. The summed E-state index contributed by atoms with van der Waals surface area (Å²) in [4.78, 5) is 18.7. The summed E-state index contributed by atoms with van der Waals surface area (Å²) in [7, 11) is 1.92. The second-order valence-electron chi connectivity index (χ2n) is 6.81. The molecule has 2 rings (SSSR count). The molecule has 0 aliphatic carbocycles. The van der Waals surface area contributed by atoms with Gasteiger partial charge in [0.2, 0.25) is 5.91 Å². The average molecular weight is 347 g/mol. The lowest BCUT2D eigenvalue weighted by Gasteiger charge is -2.18. The first-order valence-corrected chi connectivity index (χ1v) is 8.84. The molecule has 0 saturated heterocycles. The summed E-state index contributed by atoms with van der Waals surface area (Å²) in [6.07, 6.45) is 0.277. The molecule has 2 aromatic rings. The third-order valence-corrected chi connectivity index (χ3v) is 4.88. The van der Waals surface area contributed by atoms with Crippen LogP contribution in [-0.4, -0.2) is 36.2 Å². The Hall–Kier alpha value is -1.92. The Labute approximate surface area is 147 Å². The highest BCUT2D eigenvalue weighted by Gasteiger charge is 2.18. The Balaban J connectivity index is 1.94. The molecule has 0 spiro atoms. The number of aliphatic hydroxyl groups excluding tert-OH is 1. The number of rotatable bonds is 6. The zero-order valence-corrected chi connectivity index (χ0v) is 15.5. The first-order valence-electron chi connectivity index (χ1n) is 7.96. The minimum Gasteiger partial charge on any atom is -0.395 e. The number of likely N-dealkylation sites (N-methyl/N-ethyl adjacent to an activating group) is 1. The number of carbonyl (C=O) groups is 1. The fraction of sp³-hybridized carbons (Fsp3) is 0.444. The van der Waals surface area contributed by atoms with Gasteiger partial charge in [0.05, 0.1) is 23.7 Å². The molecule has 0 atom stereocenters. The Kier molecular flexibility index (Phi) is 5.96. The van der Waals surface area contributed by atoms with Gasteiger partial charge in [0.15, 0.2) is 0 Å². The molecule has 6 heteroatoms. The number of thiazole rings is 1. The number of nitrogens with zero attached hydrogens (tertiary/aromatic N) is 2. The van der Waals surface area contributed by atoms with Gasteiger partial charge in [-0.3, -0.25) is 4.79 Å². The molecule has 5 nitrogen and oxygen atoms in total. The van der Waals surface area contributed by atoms with Crippen LogP contribution < -0.4 is 10.2 Å². The summed E-state index contributed by atoms with van der Waals surface area (Å²) in [5.41, 5.74) is 2.57. The molecule has 130 valence electrons. The predicted octanol–water partition coefficient (Wildman–Crippen LogP) is 3.05. The highest BCUT2D eigenvalue weighted by atomic mass is 32.1. The number of nitrogens with one attached hydrogen (secondary N) is 1. The summed E-state index contributed by atoms with van der Waals surface area (Å²) >= 11 is 1.60. The van der Waals surface area contributed by atoms with Crippen LogP contribution in [0.4, 0.5) is 11.4 Å². The Bertz CT molecular complexity index is 674. The van der Waals surface area contributed by atoms with Crippen LogP contribution in [0.15, 0.2) is 29.6 Å². The second kappa shape index (κ2) is 7.77. The van der Waals surface area contributed by atoms with Crippen molar-refractivity contribution in [1.29, 1.82) is 0 Å². The molecule has 0 bridgehead atoms. The van der Waals surface area contributed by atoms with Crippen molar-refractivity contribution in [3.63, 3.8) is 0 Å². The van der Waals surface area contributed by atoms with Gasteiger partial charge in [-0.15, -0.1) is 11.3 Å².